The van der Waals surface area contributed by atoms with Gasteiger partial charge in [0.1, 0.15) is 0 Å². The van der Waals surface area contributed by atoms with Gasteiger partial charge in [-0.3, -0.25) is 4.21 Å². The predicted molar refractivity (Wildman–Crippen MR) is 68.7 cm³/mol. The Morgan fingerprint density at radius 1 is 1.47 bits per heavy atom. The number of hydrogen-bond donors (Lipinski definition) is 1. The first-order valence-electron chi connectivity index (χ1n) is 6.54. The summed E-state index contributed by atoms with van der Waals surface area (Å²) < 4.78 is 22.7. The van der Waals surface area contributed by atoms with Crippen LogP contribution in [0.5, 0.6) is 0 Å². The molecule has 3 unspecified atom stereocenters. The third-order valence-corrected chi connectivity index (χ3v) is 4.95. The summed E-state index contributed by atoms with van der Waals surface area (Å²) in [7, 11) is -0.660. The van der Waals surface area contributed by atoms with Gasteiger partial charge < -0.3 is 14.8 Å². The lowest BCUT2D eigenvalue weighted by atomic mass is 9.90. The van der Waals surface area contributed by atoms with Gasteiger partial charge in [-0.1, -0.05) is 6.92 Å². The fourth-order valence-electron chi connectivity index (χ4n) is 2.59. The molecule has 2 aliphatic rings. The molecule has 1 spiro atoms. The normalized spacial score (nSPS) is 35.2. The van der Waals surface area contributed by atoms with Crippen molar-refractivity contribution in [1.82, 2.24) is 5.32 Å². The lowest BCUT2D eigenvalue weighted by Crippen LogP contribution is -2.48. The average molecular weight is 261 g/mol. The Bertz CT molecular complexity index is 266. The molecule has 4 nitrogen and oxygen atoms in total. The molecule has 2 rings (SSSR count). The van der Waals surface area contributed by atoms with E-state index in [9.17, 15) is 4.21 Å². The Balaban J connectivity index is 1.72. The topological polar surface area (TPSA) is 47.6 Å². The van der Waals surface area contributed by atoms with Crippen LogP contribution in [0.15, 0.2) is 0 Å². The summed E-state index contributed by atoms with van der Waals surface area (Å²) in [5.41, 5.74) is -0.0280. The molecule has 1 N–H and O–H groups in total. The highest BCUT2D eigenvalue weighted by molar-refractivity contribution is 7.84. The summed E-state index contributed by atoms with van der Waals surface area (Å²) in [6.07, 6.45) is 3.11. The van der Waals surface area contributed by atoms with Gasteiger partial charge in [0.25, 0.3) is 0 Å². The second-order valence-corrected chi connectivity index (χ2v) is 6.78. The molecule has 100 valence electrons. The summed E-state index contributed by atoms with van der Waals surface area (Å²) in [4.78, 5) is 0. The zero-order chi connectivity index (χ0) is 12.1. The number of ether oxygens (including phenoxy) is 2. The smallest absolute Gasteiger partial charge is 0.0951 e. The van der Waals surface area contributed by atoms with Gasteiger partial charge in [0.05, 0.1) is 12.2 Å². The Kier molecular flexibility index (Phi) is 4.97. The lowest BCUT2D eigenvalue weighted by Gasteiger charge is -2.37. The Hall–Kier alpha value is 0.0300. The third kappa shape index (κ3) is 3.74. The molecule has 2 saturated heterocycles. The minimum Gasteiger partial charge on any atom is -0.378 e. The average Bonchev–Trinajstić information content (AvgIpc) is 2.77. The van der Waals surface area contributed by atoms with Crippen LogP contribution < -0.4 is 5.32 Å². The summed E-state index contributed by atoms with van der Waals surface area (Å²) in [6, 6.07) is 0.499. The zero-order valence-corrected chi connectivity index (χ0v) is 11.4. The van der Waals surface area contributed by atoms with Crippen LogP contribution in [0.4, 0.5) is 0 Å². The number of nitrogens with one attached hydrogen (secondary N) is 1. The van der Waals surface area contributed by atoms with Gasteiger partial charge in [0, 0.05) is 54.5 Å². The molecule has 0 amide bonds. The lowest BCUT2D eigenvalue weighted by molar-refractivity contribution is -0.0890. The molecule has 3 atom stereocenters. The SMILES string of the molecule is CCS(=O)CCNC1CCOC2(CCOC2)C1. The molecule has 0 aliphatic carbocycles. The standard InChI is InChI=1S/C12H23NO3S/c1-2-17(14)8-5-13-11-3-6-16-12(9-11)4-7-15-10-12/h11,13H,2-10H2,1H3. The minimum atomic E-state index is -0.660. The van der Waals surface area contributed by atoms with Crippen molar-refractivity contribution >= 4 is 10.8 Å². The largest absolute Gasteiger partial charge is 0.378 e. The van der Waals surface area contributed by atoms with Crippen molar-refractivity contribution in [2.45, 2.75) is 37.8 Å². The summed E-state index contributed by atoms with van der Waals surface area (Å²) >= 11 is 0. The Morgan fingerprint density at radius 3 is 3.06 bits per heavy atom. The van der Waals surface area contributed by atoms with Gasteiger partial charge in [0.2, 0.25) is 0 Å². The van der Waals surface area contributed by atoms with E-state index in [1.54, 1.807) is 0 Å². The van der Waals surface area contributed by atoms with E-state index >= 15 is 0 Å². The van der Waals surface area contributed by atoms with Crippen molar-refractivity contribution in [3.8, 4) is 0 Å². The Morgan fingerprint density at radius 2 is 2.35 bits per heavy atom. The number of rotatable bonds is 5. The highest BCUT2D eigenvalue weighted by Gasteiger charge is 2.40. The highest BCUT2D eigenvalue weighted by Crippen LogP contribution is 2.32. The van der Waals surface area contributed by atoms with E-state index < -0.39 is 10.8 Å². The maximum Gasteiger partial charge on any atom is 0.0951 e. The highest BCUT2D eigenvalue weighted by atomic mass is 32.2. The van der Waals surface area contributed by atoms with Crippen molar-refractivity contribution < 1.29 is 13.7 Å². The molecular weight excluding hydrogens is 238 g/mol. The van der Waals surface area contributed by atoms with Gasteiger partial charge >= 0.3 is 0 Å². The molecular formula is C12H23NO3S. The second kappa shape index (κ2) is 6.27. The molecule has 0 aromatic heterocycles. The molecule has 0 radical (unpaired) electrons. The summed E-state index contributed by atoms with van der Waals surface area (Å²) in [6.45, 7) is 5.20. The van der Waals surface area contributed by atoms with Gasteiger partial charge in [-0.15, -0.1) is 0 Å². The van der Waals surface area contributed by atoms with Crippen LogP contribution in [-0.2, 0) is 20.3 Å². The summed E-state index contributed by atoms with van der Waals surface area (Å²) in [5, 5.41) is 3.51. The summed E-state index contributed by atoms with van der Waals surface area (Å²) in [5.74, 6) is 1.52. The number of hydrogen-bond acceptors (Lipinski definition) is 4. The van der Waals surface area contributed by atoms with Crippen molar-refractivity contribution in [3.05, 3.63) is 0 Å². The molecule has 17 heavy (non-hydrogen) atoms. The Labute approximate surface area is 106 Å². The predicted octanol–water partition coefficient (Wildman–Crippen LogP) is 0.683. The van der Waals surface area contributed by atoms with Crippen LogP contribution >= 0.6 is 0 Å². The van der Waals surface area contributed by atoms with Gasteiger partial charge in [0.15, 0.2) is 0 Å². The molecule has 0 aromatic carbocycles. The molecule has 0 bridgehead atoms. The molecule has 2 aliphatic heterocycles. The van der Waals surface area contributed by atoms with Crippen molar-refractivity contribution in [2.24, 2.45) is 0 Å². The van der Waals surface area contributed by atoms with Crippen LogP contribution in [0.1, 0.15) is 26.2 Å². The van der Waals surface area contributed by atoms with Crippen molar-refractivity contribution in [3.63, 3.8) is 0 Å². The first kappa shape index (κ1) is 13.5. The van der Waals surface area contributed by atoms with Gasteiger partial charge in [-0.25, -0.2) is 0 Å². The van der Waals surface area contributed by atoms with E-state index in [0.717, 1.165) is 57.1 Å². The van der Waals surface area contributed by atoms with E-state index in [2.05, 4.69) is 5.32 Å². The van der Waals surface area contributed by atoms with E-state index in [4.69, 9.17) is 9.47 Å². The van der Waals surface area contributed by atoms with E-state index in [1.165, 1.54) is 0 Å². The molecule has 5 heteroatoms. The maximum absolute atomic E-state index is 11.3. The van der Waals surface area contributed by atoms with E-state index in [1.807, 2.05) is 6.92 Å². The van der Waals surface area contributed by atoms with Crippen LogP contribution in [0.3, 0.4) is 0 Å². The fraction of sp³-hybridized carbons (Fsp3) is 1.00. The molecule has 0 aromatic rings. The van der Waals surface area contributed by atoms with Crippen LogP contribution in [0.25, 0.3) is 0 Å². The molecule has 2 fully saturated rings. The monoisotopic (exact) mass is 261 g/mol. The van der Waals surface area contributed by atoms with Crippen LogP contribution in [0, 0.1) is 0 Å². The first-order chi connectivity index (χ1) is 8.24. The maximum atomic E-state index is 11.3. The van der Waals surface area contributed by atoms with E-state index in [0.29, 0.717) is 6.04 Å². The zero-order valence-electron chi connectivity index (χ0n) is 10.6. The van der Waals surface area contributed by atoms with Gasteiger partial charge in [-0.05, 0) is 12.8 Å². The van der Waals surface area contributed by atoms with E-state index in [-0.39, 0.29) is 5.60 Å². The molecule has 0 saturated carbocycles. The van der Waals surface area contributed by atoms with Crippen molar-refractivity contribution in [2.75, 3.05) is 37.9 Å². The minimum absolute atomic E-state index is 0.0280. The molecule has 2 heterocycles. The van der Waals surface area contributed by atoms with Crippen LogP contribution in [0.2, 0.25) is 0 Å². The van der Waals surface area contributed by atoms with Gasteiger partial charge in [-0.2, -0.15) is 0 Å². The second-order valence-electron chi connectivity index (χ2n) is 4.91. The van der Waals surface area contributed by atoms with Crippen molar-refractivity contribution in [1.29, 1.82) is 0 Å². The first-order valence-corrected chi connectivity index (χ1v) is 8.03. The third-order valence-electron chi connectivity index (χ3n) is 3.64. The fourth-order valence-corrected chi connectivity index (χ4v) is 3.22. The van der Waals surface area contributed by atoms with Crippen LogP contribution in [-0.4, -0.2) is 53.7 Å². The quantitative estimate of drug-likeness (QED) is 0.791.